The zero-order valence-electron chi connectivity index (χ0n) is 22.9. The lowest BCUT2D eigenvalue weighted by Gasteiger charge is -2.37. The van der Waals surface area contributed by atoms with Crippen molar-refractivity contribution >= 4 is 50.1 Å². The Bertz CT molecular complexity index is 1910. The van der Waals surface area contributed by atoms with Crippen molar-refractivity contribution in [2.75, 3.05) is 24.5 Å². The third-order valence-electron chi connectivity index (χ3n) is 8.19. The third kappa shape index (κ3) is 4.54. The predicted molar refractivity (Wildman–Crippen MR) is 165 cm³/mol. The Balaban J connectivity index is 1.49. The summed E-state index contributed by atoms with van der Waals surface area (Å²) in [5.41, 5.74) is 6.45. The number of benzene rings is 3. The summed E-state index contributed by atoms with van der Waals surface area (Å²) in [5.74, 6) is -1.23. The number of hydrogen-bond acceptors (Lipinski definition) is 7. The minimum absolute atomic E-state index is 0.0288. The number of carboxylic acid groups (broad SMARTS) is 1. The van der Waals surface area contributed by atoms with Crippen molar-refractivity contribution in [3.8, 4) is 21.7 Å². The van der Waals surface area contributed by atoms with Gasteiger partial charge in [0.1, 0.15) is 16.2 Å². The van der Waals surface area contributed by atoms with Crippen LogP contribution in [0.3, 0.4) is 0 Å². The molecule has 4 heterocycles. The van der Waals surface area contributed by atoms with Crippen LogP contribution in [-0.4, -0.2) is 41.6 Å². The second-order valence-electron chi connectivity index (χ2n) is 10.9. The summed E-state index contributed by atoms with van der Waals surface area (Å²) in [5, 5.41) is 13.2. The fraction of sp³-hybridized carbons (Fsp3) is 0.273. The van der Waals surface area contributed by atoms with Crippen LogP contribution in [0.4, 0.5) is 5.69 Å². The first-order chi connectivity index (χ1) is 20.5. The molecule has 0 spiro atoms. The number of nitrogens with zero attached hydrogens (tertiary/aromatic N) is 2. The van der Waals surface area contributed by atoms with E-state index in [1.165, 1.54) is 22.6 Å². The SMILES string of the molecule is O=C(O)CCCNC(=O)c1ccccc1-c1c(-c2nc3ccccc3s2)c(=O)oc2c3c4c(cc12)CCCN4CCC3. The van der Waals surface area contributed by atoms with Crippen LogP contribution in [0.2, 0.25) is 0 Å². The van der Waals surface area contributed by atoms with E-state index in [-0.39, 0.29) is 18.9 Å². The number of aliphatic carboxylic acids is 1. The van der Waals surface area contributed by atoms with Crippen LogP contribution in [0.5, 0.6) is 0 Å². The highest BCUT2D eigenvalue weighted by atomic mass is 32.1. The van der Waals surface area contributed by atoms with Crippen LogP contribution in [0, 0.1) is 0 Å². The van der Waals surface area contributed by atoms with Crippen LogP contribution in [0.15, 0.2) is 63.8 Å². The number of carbonyl (C=O) groups excluding carboxylic acids is 1. The summed E-state index contributed by atoms with van der Waals surface area (Å²) in [6.07, 6.45) is 4.10. The van der Waals surface area contributed by atoms with Gasteiger partial charge in [-0.2, -0.15) is 0 Å². The van der Waals surface area contributed by atoms with Gasteiger partial charge < -0.3 is 19.7 Å². The highest BCUT2D eigenvalue weighted by Gasteiger charge is 2.31. The van der Waals surface area contributed by atoms with E-state index in [0.29, 0.717) is 39.3 Å². The summed E-state index contributed by atoms with van der Waals surface area (Å²) in [4.78, 5) is 45.8. The number of para-hydroxylation sites is 1. The van der Waals surface area contributed by atoms with Gasteiger partial charge in [-0.05, 0) is 67.5 Å². The Morgan fingerprint density at radius 1 is 1.02 bits per heavy atom. The van der Waals surface area contributed by atoms with Crippen molar-refractivity contribution in [2.24, 2.45) is 0 Å². The summed E-state index contributed by atoms with van der Waals surface area (Å²) in [6, 6.07) is 17.2. The molecule has 2 aliphatic rings. The lowest BCUT2D eigenvalue weighted by atomic mass is 9.86. The topological polar surface area (TPSA) is 113 Å². The summed E-state index contributed by atoms with van der Waals surface area (Å²) < 4.78 is 7.16. The molecule has 7 rings (SSSR count). The maximum absolute atomic E-state index is 14.0. The molecule has 0 saturated carbocycles. The van der Waals surface area contributed by atoms with E-state index in [1.807, 2.05) is 36.4 Å². The zero-order chi connectivity index (χ0) is 28.8. The number of aromatic nitrogens is 1. The van der Waals surface area contributed by atoms with Crippen LogP contribution < -0.4 is 15.8 Å². The van der Waals surface area contributed by atoms with Gasteiger partial charge in [0.2, 0.25) is 0 Å². The zero-order valence-corrected chi connectivity index (χ0v) is 23.8. The molecule has 2 aromatic heterocycles. The van der Waals surface area contributed by atoms with Crippen molar-refractivity contribution in [2.45, 2.75) is 38.5 Å². The number of carboxylic acids is 1. The quantitative estimate of drug-likeness (QED) is 0.179. The van der Waals surface area contributed by atoms with Gasteiger partial charge in [0.25, 0.3) is 5.91 Å². The molecule has 9 heteroatoms. The molecule has 2 aliphatic heterocycles. The first-order valence-corrected chi connectivity index (χ1v) is 15.2. The molecule has 0 aliphatic carbocycles. The molecule has 1 amide bonds. The van der Waals surface area contributed by atoms with E-state index < -0.39 is 11.6 Å². The van der Waals surface area contributed by atoms with Crippen molar-refractivity contribution < 1.29 is 19.1 Å². The maximum atomic E-state index is 14.0. The Hall–Kier alpha value is -4.50. The molecular weight excluding hydrogens is 550 g/mol. The van der Waals surface area contributed by atoms with Crippen LogP contribution in [0.25, 0.3) is 42.9 Å². The smallest absolute Gasteiger partial charge is 0.347 e. The van der Waals surface area contributed by atoms with E-state index in [2.05, 4.69) is 16.3 Å². The summed E-state index contributed by atoms with van der Waals surface area (Å²) >= 11 is 1.43. The molecule has 3 aromatic carbocycles. The van der Waals surface area contributed by atoms with Gasteiger partial charge in [-0.15, -0.1) is 11.3 Å². The fourth-order valence-electron chi connectivity index (χ4n) is 6.40. The van der Waals surface area contributed by atoms with Gasteiger partial charge in [0, 0.05) is 53.8 Å². The first-order valence-electron chi connectivity index (χ1n) is 14.4. The molecule has 42 heavy (non-hydrogen) atoms. The number of anilines is 1. The Kier molecular flexibility index (Phi) is 6.74. The number of amides is 1. The molecule has 0 atom stereocenters. The number of hydrogen-bond donors (Lipinski definition) is 2. The largest absolute Gasteiger partial charge is 0.481 e. The highest BCUT2D eigenvalue weighted by molar-refractivity contribution is 7.21. The average molecular weight is 580 g/mol. The number of aryl methyl sites for hydroxylation is 2. The molecular formula is C33H29N3O5S. The van der Waals surface area contributed by atoms with E-state index in [4.69, 9.17) is 14.5 Å². The molecule has 0 fully saturated rings. The Morgan fingerprint density at radius 3 is 2.64 bits per heavy atom. The van der Waals surface area contributed by atoms with E-state index in [0.717, 1.165) is 59.9 Å². The van der Waals surface area contributed by atoms with Gasteiger partial charge in [-0.3, -0.25) is 9.59 Å². The number of nitrogens with one attached hydrogen (secondary N) is 1. The number of carbonyl (C=O) groups is 2. The van der Waals surface area contributed by atoms with Crippen LogP contribution in [0.1, 0.15) is 47.2 Å². The van der Waals surface area contributed by atoms with Crippen LogP contribution >= 0.6 is 11.3 Å². The molecule has 8 nitrogen and oxygen atoms in total. The van der Waals surface area contributed by atoms with Crippen molar-refractivity contribution in [1.29, 1.82) is 0 Å². The molecule has 0 radical (unpaired) electrons. The molecule has 212 valence electrons. The average Bonchev–Trinajstić information content (AvgIpc) is 3.43. The third-order valence-corrected chi connectivity index (χ3v) is 9.25. The maximum Gasteiger partial charge on any atom is 0.347 e. The number of fused-ring (bicyclic) bond motifs is 3. The Morgan fingerprint density at radius 2 is 1.81 bits per heavy atom. The minimum atomic E-state index is -0.904. The van der Waals surface area contributed by atoms with Crippen molar-refractivity contribution in [3.63, 3.8) is 0 Å². The normalized spacial score (nSPS) is 14.2. The monoisotopic (exact) mass is 579 g/mol. The van der Waals surface area contributed by atoms with Gasteiger partial charge in [-0.25, -0.2) is 9.78 Å². The molecule has 5 aromatic rings. The number of thiazole rings is 1. The Labute approximate surface area is 245 Å². The minimum Gasteiger partial charge on any atom is -0.481 e. The van der Waals surface area contributed by atoms with E-state index in [1.54, 1.807) is 12.1 Å². The fourth-order valence-corrected chi connectivity index (χ4v) is 7.41. The summed E-state index contributed by atoms with van der Waals surface area (Å²) in [7, 11) is 0. The molecule has 2 N–H and O–H groups in total. The highest BCUT2D eigenvalue weighted by Crippen LogP contribution is 2.45. The summed E-state index contributed by atoms with van der Waals surface area (Å²) in [6.45, 7) is 2.23. The van der Waals surface area contributed by atoms with E-state index >= 15 is 0 Å². The van der Waals surface area contributed by atoms with Crippen molar-refractivity contribution in [3.05, 3.63) is 81.7 Å². The lowest BCUT2D eigenvalue weighted by molar-refractivity contribution is -0.137. The molecule has 0 bridgehead atoms. The van der Waals surface area contributed by atoms with Gasteiger partial charge in [0.15, 0.2) is 0 Å². The van der Waals surface area contributed by atoms with Gasteiger partial charge in [-0.1, -0.05) is 30.3 Å². The van der Waals surface area contributed by atoms with Gasteiger partial charge >= 0.3 is 11.6 Å². The van der Waals surface area contributed by atoms with Gasteiger partial charge in [0.05, 0.1) is 10.2 Å². The molecule has 0 saturated heterocycles. The van der Waals surface area contributed by atoms with Crippen molar-refractivity contribution in [1.82, 2.24) is 10.3 Å². The second kappa shape index (κ2) is 10.7. The number of rotatable bonds is 7. The molecule has 0 unspecified atom stereocenters. The first kappa shape index (κ1) is 26.4. The second-order valence-corrected chi connectivity index (χ2v) is 11.9. The standard InChI is InChI=1S/C33H29N3O5S/c37-26(38)14-5-15-34-31(39)21-10-2-1-9-20(21)27-23-18-19-8-6-16-36-17-7-11-22(29(19)36)30(23)41-33(40)28(27)32-35-24-12-3-4-13-25(24)42-32/h1-4,9-10,12-13,18H,5-8,11,14-17H2,(H,34,39)(H,37,38). The predicted octanol–water partition coefficient (Wildman–Crippen LogP) is 6.03. The lowest BCUT2D eigenvalue weighted by Crippen LogP contribution is -2.34. The van der Waals surface area contributed by atoms with Crippen LogP contribution in [-0.2, 0) is 17.6 Å². The van der Waals surface area contributed by atoms with E-state index in [9.17, 15) is 14.4 Å².